The minimum atomic E-state index is -1.06. The van der Waals surface area contributed by atoms with E-state index in [1.807, 2.05) is 84.9 Å². The molecule has 0 saturated carbocycles. The van der Waals surface area contributed by atoms with Crippen LogP contribution >= 0.6 is 0 Å². The molecule has 2 amide bonds. The van der Waals surface area contributed by atoms with Crippen molar-refractivity contribution in [3.05, 3.63) is 107 Å². The molecule has 0 heterocycles. The number of hydrogen-bond donors (Lipinski definition) is 6. The highest BCUT2D eigenvalue weighted by Crippen LogP contribution is 2.34. The van der Waals surface area contributed by atoms with E-state index in [1.165, 1.54) is 0 Å². The Morgan fingerprint density at radius 3 is 1.80 bits per heavy atom. The van der Waals surface area contributed by atoms with Crippen molar-refractivity contribution in [1.29, 1.82) is 0 Å². The lowest BCUT2D eigenvalue weighted by molar-refractivity contribution is 0.00840. The molecule has 0 aliphatic heterocycles. The maximum Gasteiger partial charge on any atom is 0.408 e. The Bertz CT molecular complexity index is 1370. The van der Waals surface area contributed by atoms with Gasteiger partial charge in [-0.3, -0.25) is 0 Å². The van der Waals surface area contributed by atoms with Gasteiger partial charge in [-0.2, -0.15) is 0 Å². The van der Waals surface area contributed by atoms with Gasteiger partial charge < -0.3 is 40.7 Å². The van der Waals surface area contributed by atoms with Crippen molar-refractivity contribution in [3.63, 3.8) is 0 Å². The average molecular weight is 620 g/mol. The maximum absolute atomic E-state index is 13.0. The molecule has 1 aliphatic carbocycles. The summed E-state index contributed by atoms with van der Waals surface area (Å²) in [5.74, 6) is 0. The van der Waals surface area contributed by atoms with Gasteiger partial charge in [-0.1, -0.05) is 84.9 Å². The average Bonchev–Trinajstić information content (AvgIpc) is 3.30. The van der Waals surface area contributed by atoms with Gasteiger partial charge in [0.15, 0.2) is 6.10 Å². The molecule has 10 nitrogen and oxygen atoms in total. The molecule has 2 unspecified atom stereocenters. The van der Waals surface area contributed by atoms with Gasteiger partial charge in [-0.15, -0.1) is 0 Å². The molecule has 3 aromatic carbocycles. The molecule has 0 fully saturated rings. The van der Waals surface area contributed by atoms with Gasteiger partial charge in [0, 0.05) is 19.5 Å². The molecule has 6 N–H and O–H groups in total. The molecule has 3 aromatic rings. The second-order valence-electron chi connectivity index (χ2n) is 12.5. The van der Waals surface area contributed by atoms with Crippen LogP contribution in [0.25, 0.3) is 0 Å². The third kappa shape index (κ3) is 10.6. The van der Waals surface area contributed by atoms with E-state index >= 15 is 0 Å². The molecular formula is C35H45N3O7. The summed E-state index contributed by atoms with van der Waals surface area (Å²) < 4.78 is 11.1. The van der Waals surface area contributed by atoms with Crippen LogP contribution in [0.3, 0.4) is 0 Å². The summed E-state index contributed by atoms with van der Waals surface area (Å²) in [6, 6.07) is 25.0. The third-order valence-electron chi connectivity index (χ3n) is 7.61. The first-order chi connectivity index (χ1) is 21.5. The lowest BCUT2D eigenvalue weighted by Gasteiger charge is -2.28. The van der Waals surface area contributed by atoms with Crippen LogP contribution in [0, 0.1) is 0 Å². The molecule has 10 heteroatoms. The van der Waals surface area contributed by atoms with Crippen LogP contribution < -0.4 is 16.0 Å². The second kappa shape index (κ2) is 15.9. The molecule has 0 spiro atoms. The highest BCUT2D eigenvalue weighted by Gasteiger charge is 2.35. The van der Waals surface area contributed by atoms with Crippen molar-refractivity contribution >= 4 is 12.2 Å². The number of fused-ring (bicyclic) bond motifs is 1. The number of amides is 2. The SMILES string of the molecule is CC(C)(C)OC(=O)N[C@@H](Cc1ccccc1)[C@H](O)CNC[C@@H](O)[C@H](Cc1ccccc1)NC(=O)OC1c2ccccc2CC1O. The number of aliphatic hydroxyl groups is 3. The minimum Gasteiger partial charge on any atom is -0.444 e. The van der Waals surface area contributed by atoms with Crippen LogP contribution in [-0.2, 0) is 28.7 Å². The van der Waals surface area contributed by atoms with Gasteiger partial charge >= 0.3 is 12.2 Å². The number of benzene rings is 3. The fourth-order valence-electron chi connectivity index (χ4n) is 5.41. The van der Waals surface area contributed by atoms with E-state index in [2.05, 4.69) is 16.0 Å². The summed E-state index contributed by atoms with van der Waals surface area (Å²) in [6.45, 7) is 5.39. The molecular weight excluding hydrogens is 574 g/mol. The zero-order valence-electron chi connectivity index (χ0n) is 26.1. The van der Waals surface area contributed by atoms with E-state index < -0.39 is 54.3 Å². The molecule has 6 atom stereocenters. The Labute approximate surface area is 264 Å². The van der Waals surface area contributed by atoms with Crippen molar-refractivity contribution in [2.75, 3.05) is 13.1 Å². The van der Waals surface area contributed by atoms with Crippen LogP contribution in [0.5, 0.6) is 0 Å². The third-order valence-corrected chi connectivity index (χ3v) is 7.61. The number of carbonyl (C=O) groups is 2. The molecule has 45 heavy (non-hydrogen) atoms. The lowest BCUT2D eigenvalue weighted by Crippen LogP contribution is -2.52. The molecule has 0 bridgehead atoms. The smallest absolute Gasteiger partial charge is 0.408 e. The normalized spacial score (nSPS) is 18.6. The predicted molar refractivity (Wildman–Crippen MR) is 171 cm³/mol. The van der Waals surface area contributed by atoms with Crippen molar-refractivity contribution in [2.45, 2.75) is 82.1 Å². The number of rotatable bonds is 13. The predicted octanol–water partition coefficient (Wildman–Crippen LogP) is 3.43. The summed E-state index contributed by atoms with van der Waals surface area (Å²) in [4.78, 5) is 25.6. The lowest BCUT2D eigenvalue weighted by atomic mass is 10.00. The van der Waals surface area contributed by atoms with Crippen LogP contribution in [0.4, 0.5) is 9.59 Å². The van der Waals surface area contributed by atoms with E-state index in [9.17, 15) is 24.9 Å². The van der Waals surface area contributed by atoms with Crippen LogP contribution in [0.2, 0.25) is 0 Å². The first kappa shape index (κ1) is 33.9. The largest absolute Gasteiger partial charge is 0.444 e. The number of aliphatic hydroxyl groups excluding tert-OH is 3. The summed E-state index contributed by atoms with van der Waals surface area (Å²) in [5.41, 5.74) is 2.82. The number of ether oxygens (including phenoxy) is 2. The van der Waals surface area contributed by atoms with Crippen LogP contribution in [-0.4, -0.2) is 76.6 Å². The summed E-state index contributed by atoms with van der Waals surface area (Å²) in [7, 11) is 0. The second-order valence-corrected chi connectivity index (χ2v) is 12.5. The summed E-state index contributed by atoms with van der Waals surface area (Å²) in [5, 5.41) is 41.5. The van der Waals surface area contributed by atoms with Crippen molar-refractivity contribution in [2.24, 2.45) is 0 Å². The first-order valence-corrected chi connectivity index (χ1v) is 15.4. The van der Waals surface area contributed by atoms with Crippen molar-refractivity contribution in [1.82, 2.24) is 16.0 Å². The van der Waals surface area contributed by atoms with Gasteiger partial charge in [0.05, 0.1) is 30.4 Å². The van der Waals surface area contributed by atoms with E-state index in [0.717, 1.165) is 22.3 Å². The van der Waals surface area contributed by atoms with E-state index in [0.29, 0.717) is 19.3 Å². The van der Waals surface area contributed by atoms with Gasteiger partial charge in [0.2, 0.25) is 0 Å². The van der Waals surface area contributed by atoms with E-state index in [4.69, 9.17) is 9.47 Å². The van der Waals surface area contributed by atoms with Crippen molar-refractivity contribution < 1.29 is 34.4 Å². The van der Waals surface area contributed by atoms with Crippen LogP contribution in [0.1, 0.15) is 49.1 Å². The van der Waals surface area contributed by atoms with Gasteiger partial charge in [-0.05, 0) is 55.9 Å². The monoisotopic (exact) mass is 619 g/mol. The number of nitrogens with one attached hydrogen (secondary N) is 3. The van der Waals surface area contributed by atoms with Crippen molar-refractivity contribution in [3.8, 4) is 0 Å². The molecule has 0 saturated heterocycles. The van der Waals surface area contributed by atoms with E-state index in [1.54, 1.807) is 20.8 Å². The van der Waals surface area contributed by atoms with Gasteiger partial charge in [0.25, 0.3) is 0 Å². The molecule has 1 aliphatic rings. The fraction of sp³-hybridized carbons (Fsp3) is 0.429. The molecule has 242 valence electrons. The molecule has 4 rings (SSSR count). The fourth-order valence-corrected chi connectivity index (χ4v) is 5.41. The quantitative estimate of drug-likeness (QED) is 0.171. The number of carbonyl (C=O) groups excluding carboxylic acids is 2. The standard InChI is InChI=1S/C35H45N3O7/c1-35(2,3)45-34(43)38-28(19-24-14-8-5-9-15-24)31(41)22-36-21-30(40)27(18-23-12-6-4-7-13-23)37-33(42)44-32-26-17-11-10-16-25(26)20-29(32)39/h4-17,27-32,36,39-41H,18-22H2,1-3H3,(H,37,42)(H,38,43)/t27-,28-,29?,30+,31+,32?/m0/s1. The first-order valence-electron chi connectivity index (χ1n) is 15.4. The Morgan fingerprint density at radius 1 is 0.778 bits per heavy atom. The Kier molecular flexibility index (Phi) is 12.0. The van der Waals surface area contributed by atoms with Crippen LogP contribution in [0.15, 0.2) is 84.9 Å². The Balaban J connectivity index is 1.37. The highest BCUT2D eigenvalue weighted by atomic mass is 16.6. The van der Waals surface area contributed by atoms with Gasteiger partial charge in [-0.25, -0.2) is 9.59 Å². The maximum atomic E-state index is 13.0. The Morgan fingerprint density at radius 2 is 1.27 bits per heavy atom. The number of alkyl carbamates (subject to hydrolysis) is 2. The highest BCUT2D eigenvalue weighted by molar-refractivity contribution is 5.69. The topological polar surface area (TPSA) is 149 Å². The minimum absolute atomic E-state index is 0.0359. The summed E-state index contributed by atoms with van der Waals surface area (Å²) >= 11 is 0. The molecule has 0 aromatic heterocycles. The zero-order chi connectivity index (χ0) is 32.4. The summed E-state index contributed by atoms with van der Waals surface area (Å²) in [6.07, 6.45) is -4.03. The number of hydrogen-bond acceptors (Lipinski definition) is 8. The van der Waals surface area contributed by atoms with E-state index in [-0.39, 0.29) is 13.1 Å². The van der Waals surface area contributed by atoms with Gasteiger partial charge in [0.1, 0.15) is 5.60 Å². The molecule has 0 radical (unpaired) electrons. The Hall–Kier alpha value is -3.96. The zero-order valence-corrected chi connectivity index (χ0v) is 26.1.